The molecule has 1 aromatic rings. The molecule has 2 bridgehead atoms. The van der Waals surface area contributed by atoms with Crippen LogP contribution in [0.5, 0.6) is 0 Å². The Bertz CT molecular complexity index is 998. The van der Waals surface area contributed by atoms with E-state index in [-0.39, 0.29) is 30.1 Å². The zero-order valence-electron chi connectivity index (χ0n) is 23.2. The van der Waals surface area contributed by atoms with Gasteiger partial charge in [-0.2, -0.15) is 0 Å². The molecule has 0 radical (unpaired) electrons. The van der Waals surface area contributed by atoms with Crippen molar-refractivity contribution in [2.45, 2.75) is 94.8 Å². The molecule has 4 aliphatic heterocycles. The van der Waals surface area contributed by atoms with E-state index in [1.54, 1.807) is 4.90 Å². The minimum Gasteiger partial charge on any atom is -0.341 e. The van der Waals surface area contributed by atoms with Gasteiger partial charge in [-0.25, -0.2) is 9.18 Å². The van der Waals surface area contributed by atoms with Crippen LogP contribution in [-0.4, -0.2) is 94.6 Å². The average Bonchev–Trinajstić information content (AvgIpc) is 3.67. The zero-order valence-corrected chi connectivity index (χ0v) is 23.2. The number of benzene rings is 1. The van der Waals surface area contributed by atoms with Crippen molar-refractivity contribution < 1.29 is 14.0 Å². The molecule has 38 heavy (non-hydrogen) atoms. The first-order valence-electron chi connectivity index (χ1n) is 15.1. The van der Waals surface area contributed by atoms with Gasteiger partial charge in [-0.3, -0.25) is 9.69 Å². The largest absolute Gasteiger partial charge is 0.341 e. The number of rotatable bonds is 7. The third-order valence-corrected chi connectivity index (χ3v) is 10.5. The molecule has 0 N–H and O–H groups in total. The van der Waals surface area contributed by atoms with E-state index in [1.807, 2.05) is 0 Å². The van der Waals surface area contributed by atoms with Crippen LogP contribution in [0.25, 0.3) is 0 Å². The second kappa shape index (κ2) is 10.4. The van der Waals surface area contributed by atoms with Gasteiger partial charge in [-0.05, 0) is 63.9 Å². The van der Waals surface area contributed by atoms with Crippen LogP contribution in [0.4, 0.5) is 9.18 Å². The van der Waals surface area contributed by atoms with Gasteiger partial charge >= 0.3 is 6.03 Å². The van der Waals surface area contributed by atoms with E-state index >= 15 is 0 Å². The Morgan fingerprint density at radius 1 is 1.03 bits per heavy atom. The quantitative estimate of drug-likeness (QED) is 0.510. The van der Waals surface area contributed by atoms with Crippen molar-refractivity contribution in [1.29, 1.82) is 0 Å². The Kier molecular flexibility index (Phi) is 7.17. The molecule has 3 amide bonds. The third-order valence-electron chi connectivity index (χ3n) is 10.5. The van der Waals surface area contributed by atoms with Crippen molar-refractivity contribution in [3.05, 3.63) is 35.9 Å². The summed E-state index contributed by atoms with van der Waals surface area (Å²) in [5.41, 5.74) is 1.18. The summed E-state index contributed by atoms with van der Waals surface area (Å²) in [5.74, 6) is 1.41. The Morgan fingerprint density at radius 3 is 2.34 bits per heavy atom. The lowest BCUT2D eigenvalue weighted by atomic mass is 9.80. The summed E-state index contributed by atoms with van der Waals surface area (Å²) in [6.45, 7) is 7.30. The second-order valence-corrected chi connectivity index (χ2v) is 13.1. The second-order valence-electron chi connectivity index (χ2n) is 13.1. The van der Waals surface area contributed by atoms with Crippen molar-refractivity contribution in [2.75, 3.05) is 39.4 Å². The molecule has 1 aliphatic carbocycles. The number of likely N-dealkylation sites (tertiary alicyclic amines) is 1. The number of carbonyl (C=O) groups is 2. The molecule has 6 nitrogen and oxygen atoms in total. The average molecular weight is 525 g/mol. The van der Waals surface area contributed by atoms with Crippen LogP contribution < -0.4 is 0 Å². The zero-order chi connectivity index (χ0) is 26.4. The Morgan fingerprint density at radius 2 is 1.71 bits per heavy atom. The first-order valence-corrected chi connectivity index (χ1v) is 15.1. The predicted octanol–water partition coefficient (Wildman–Crippen LogP) is 4.90. The van der Waals surface area contributed by atoms with E-state index in [0.717, 1.165) is 45.3 Å². The van der Waals surface area contributed by atoms with Crippen molar-refractivity contribution in [2.24, 2.45) is 11.8 Å². The topological polar surface area (TPSA) is 47.1 Å². The molecule has 1 spiro atoms. The standard InChI is InChI=1S/C31H45FN4O2/c1-22(2)36-30(38)33(15-14-32)21-31(36)16-26-12-13-27(17-31)35(26)19-25-18-34(29(37)24-10-6-7-11-24)20-28(25)23-8-4-3-5-9-23/h3-5,8-9,22,24-28H,6-7,10-21H2,1-2H3/t25-,26?,27?,28-,31?/m1/s1. The normalized spacial score (nSPS) is 34.0. The van der Waals surface area contributed by atoms with E-state index in [0.29, 0.717) is 36.4 Å². The van der Waals surface area contributed by atoms with Gasteiger partial charge in [0.15, 0.2) is 0 Å². The SMILES string of the molecule is CC(C)N1C(=O)N(CCF)CC12CC1CCC(C2)N1C[C@H]1CN(C(=O)C2CCCC2)C[C@@H]1c1ccccc1. The lowest BCUT2D eigenvalue weighted by Gasteiger charge is -2.50. The van der Waals surface area contributed by atoms with Crippen LogP contribution in [-0.2, 0) is 4.79 Å². The van der Waals surface area contributed by atoms with Gasteiger partial charge in [0.25, 0.3) is 0 Å². The van der Waals surface area contributed by atoms with Crippen molar-refractivity contribution in [1.82, 2.24) is 19.6 Å². The lowest BCUT2D eigenvalue weighted by Crippen LogP contribution is -2.60. The molecule has 1 aromatic carbocycles. The fourth-order valence-corrected chi connectivity index (χ4v) is 8.95. The van der Waals surface area contributed by atoms with E-state index < -0.39 is 6.67 Å². The monoisotopic (exact) mass is 524 g/mol. The minimum absolute atomic E-state index is 0.0199. The lowest BCUT2D eigenvalue weighted by molar-refractivity contribution is -0.134. The third kappa shape index (κ3) is 4.52. The Hall–Kier alpha value is -2.15. The predicted molar refractivity (Wildman–Crippen MR) is 147 cm³/mol. The molecule has 208 valence electrons. The maximum Gasteiger partial charge on any atom is 0.320 e. The highest BCUT2D eigenvalue weighted by molar-refractivity contribution is 5.80. The molecule has 4 saturated heterocycles. The summed E-state index contributed by atoms with van der Waals surface area (Å²) in [6, 6.07) is 11.8. The number of urea groups is 1. The van der Waals surface area contributed by atoms with Gasteiger partial charge in [0, 0.05) is 56.1 Å². The van der Waals surface area contributed by atoms with Gasteiger partial charge in [0.05, 0.1) is 12.1 Å². The van der Waals surface area contributed by atoms with Crippen LogP contribution >= 0.6 is 0 Å². The molecule has 0 aromatic heterocycles. The summed E-state index contributed by atoms with van der Waals surface area (Å²) in [6.07, 6.45) is 8.78. The van der Waals surface area contributed by atoms with Gasteiger partial charge in [0.1, 0.15) is 6.67 Å². The van der Waals surface area contributed by atoms with Crippen LogP contribution in [0.1, 0.15) is 76.7 Å². The van der Waals surface area contributed by atoms with Crippen LogP contribution in [0, 0.1) is 11.8 Å². The van der Waals surface area contributed by atoms with E-state index in [2.05, 4.69) is 58.9 Å². The van der Waals surface area contributed by atoms with Gasteiger partial charge in [-0.1, -0.05) is 43.2 Å². The van der Waals surface area contributed by atoms with E-state index in [1.165, 1.54) is 31.2 Å². The van der Waals surface area contributed by atoms with Crippen molar-refractivity contribution >= 4 is 11.9 Å². The molecule has 6 rings (SSSR count). The minimum atomic E-state index is -0.481. The molecule has 4 heterocycles. The molecule has 5 fully saturated rings. The van der Waals surface area contributed by atoms with Crippen molar-refractivity contribution in [3.8, 4) is 0 Å². The Balaban J connectivity index is 1.20. The van der Waals surface area contributed by atoms with E-state index in [9.17, 15) is 14.0 Å². The first kappa shape index (κ1) is 26.1. The summed E-state index contributed by atoms with van der Waals surface area (Å²) < 4.78 is 13.3. The summed E-state index contributed by atoms with van der Waals surface area (Å²) in [5, 5.41) is 0. The maximum absolute atomic E-state index is 13.4. The van der Waals surface area contributed by atoms with E-state index in [4.69, 9.17) is 0 Å². The highest BCUT2D eigenvalue weighted by Gasteiger charge is 2.58. The number of amides is 3. The number of nitrogens with zero attached hydrogens (tertiary/aromatic N) is 4. The smallest absolute Gasteiger partial charge is 0.320 e. The number of fused-ring (bicyclic) bond motifs is 2. The van der Waals surface area contributed by atoms with Crippen molar-refractivity contribution in [3.63, 3.8) is 0 Å². The number of halogens is 1. The van der Waals surface area contributed by atoms with Gasteiger partial charge in [-0.15, -0.1) is 0 Å². The first-order chi connectivity index (χ1) is 18.4. The van der Waals surface area contributed by atoms with Crippen LogP contribution in [0.15, 0.2) is 30.3 Å². The highest BCUT2D eigenvalue weighted by Crippen LogP contribution is 2.48. The highest BCUT2D eigenvalue weighted by atomic mass is 19.1. The summed E-state index contributed by atoms with van der Waals surface area (Å²) >= 11 is 0. The molecule has 4 atom stereocenters. The number of piperidine rings is 1. The van der Waals surface area contributed by atoms with Crippen LogP contribution in [0.3, 0.4) is 0 Å². The summed E-state index contributed by atoms with van der Waals surface area (Å²) in [7, 11) is 0. The van der Waals surface area contributed by atoms with Gasteiger partial charge < -0.3 is 14.7 Å². The number of alkyl halides is 1. The molecule has 7 heteroatoms. The fraction of sp³-hybridized carbons (Fsp3) is 0.742. The molecule has 5 aliphatic rings. The number of hydrogen-bond donors (Lipinski definition) is 0. The Labute approximate surface area is 227 Å². The molecule has 1 saturated carbocycles. The van der Waals surface area contributed by atoms with Gasteiger partial charge in [0.2, 0.25) is 5.91 Å². The number of carbonyl (C=O) groups excluding carboxylic acids is 2. The number of hydrogen-bond acceptors (Lipinski definition) is 3. The van der Waals surface area contributed by atoms with Crippen LogP contribution in [0.2, 0.25) is 0 Å². The summed E-state index contributed by atoms with van der Waals surface area (Å²) in [4.78, 5) is 35.5. The molecule has 2 unspecified atom stereocenters. The molecular formula is C31H45FN4O2. The molecular weight excluding hydrogens is 479 g/mol. The maximum atomic E-state index is 13.4. The fourth-order valence-electron chi connectivity index (χ4n) is 8.95.